The Morgan fingerprint density at radius 1 is 1.13 bits per heavy atom. The minimum Gasteiger partial charge on any atom is -0.456 e. The SMILES string of the molecule is Nc1cccc(Oc2ccncc2)c1Br. The van der Waals surface area contributed by atoms with Crippen molar-refractivity contribution in [2.45, 2.75) is 0 Å². The van der Waals surface area contributed by atoms with E-state index in [9.17, 15) is 0 Å². The number of ether oxygens (including phenoxy) is 1. The van der Waals surface area contributed by atoms with E-state index < -0.39 is 0 Å². The van der Waals surface area contributed by atoms with E-state index in [0.29, 0.717) is 11.4 Å². The van der Waals surface area contributed by atoms with Crippen LogP contribution in [0.5, 0.6) is 11.5 Å². The van der Waals surface area contributed by atoms with Crippen LogP contribution in [-0.2, 0) is 0 Å². The minimum absolute atomic E-state index is 0.654. The molecule has 1 aromatic heterocycles. The summed E-state index contributed by atoms with van der Waals surface area (Å²) in [6.45, 7) is 0. The predicted molar refractivity (Wildman–Crippen MR) is 62.9 cm³/mol. The van der Waals surface area contributed by atoms with E-state index >= 15 is 0 Å². The summed E-state index contributed by atoms with van der Waals surface area (Å²) in [4.78, 5) is 3.91. The predicted octanol–water partition coefficient (Wildman–Crippen LogP) is 3.22. The molecule has 0 radical (unpaired) electrons. The van der Waals surface area contributed by atoms with Gasteiger partial charge in [-0.05, 0) is 40.2 Å². The van der Waals surface area contributed by atoms with Crippen LogP contribution in [0.2, 0.25) is 0 Å². The van der Waals surface area contributed by atoms with Gasteiger partial charge in [0.15, 0.2) is 0 Å². The maximum absolute atomic E-state index is 5.74. The van der Waals surface area contributed by atoms with Crippen molar-refractivity contribution < 1.29 is 4.74 Å². The summed E-state index contributed by atoms with van der Waals surface area (Å²) < 4.78 is 6.39. The second-order valence-corrected chi connectivity index (χ2v) is 3.74. The van der Waals surface area contributed by atoms with Crippen LogP contribution in [0.1, 0.15) is 0 Å². The third kappa shape index (κ3) is 2.27. The summed E-state index contributed by atoms with van der Waals surface area (Å²) in [6, 6.07) is 9.08. The number of pyridine rings is 1. The molecule has 0 amide bonds. The monoisotopic (exact) mass is 264 g/mol. The van der Waals surface area contributed by atoms with Crippen molar-refractivity contribution in [3.63, 3.8) is 0 Å². The number of nitrogen functional groups attached to an aromatic ring is 1. The molecule has 0 bridgehead atoms. The first-order valence-corrected chi connectivity index (χ1v) is 5.18. The summed E-state index contributed by atoms with van der Waals surface area (Å²) in [6.07, 6.45) is 3.35. The Bertz CT molecular complexity index is 459. The molecular weight excluding hydrogens is 256 g/mol. The van der Waals surface area contributed by atoms with Gasteiger partial charge in [0.2, 0.25) is 0 Å². The van der Waals surface area contributed by atoms with Gasteiger partial charge in [-0.3, -0.25) is 4.98 Å². The molecule has 0 saturated carbocycles. The molecule has 15 heavy (non-hydrogen) atoms. The molecule has 0 saturated heterocycles. The fourth-order valence-electron chi connectivity index (χ4n) is 1.14. The highest BCUT2D eigenvalue weighted by atomic mass is 79.9. The average molecular weight is 265 g/mol. The molecule has 2 aromatic rings. The quantitative estimate of drug-likeness (QED) is 0.848. The molecule has 0 spiro atoms. The highest BCUT2D eigenvalue weighted by Crippen LogP contribution is 2.33. The molecule has 1 heterocycles. The number of anilines is 1. The van der Waals surface area contributed by atoms with Crippen molar-refractivity contribution in [2.24, 2.45) is 0 Å². The number of aromatic nitrogens is 1. The number of halogens is 1. The number of nitrogens with zero attached hydrogens (tertiary/aromatic N) is 1. The standard InChI is InChI=1S/C11H9BrN2O/c12-11-9(13)2-1-3-10(11)15-8-4-6-14-7-5-8/h1-7H,13H2. The van der Waals surface area contributed by atoms with Crippen molar-refractivity contribution in [3.8, 4) is 11.5 Å². The molecule has 0 fully saturated rings. The molecule has 0 aliphatic heterocycles. The molecule has 1 aromatic carbocycles. The topological polar surface area (TPSA) is 48.1 Å². The molecule has 0 unspecified atom stereocenters. The molecule has 4 heteroatoms. The van der Waals surface area contributed by atoms with E-state index in [-0.39, 0.29) is 0 Å². The van der Waals surface area contributed by atoms with Gasteiger partial charge in [-0.25, -0.2) is 0 Å². The summed E-state index contributed by atoms with van der Waals surface area (Å²) in [7, 11) is 0. The lowest BCUT2D eigenvalue weighted by Gasteiger charge is -2.08. The average Bonchev–Trinajstić information content (AvgIpc) is 2.26. The van der Waals surface area contributed by atoms with Gasteiger partial charge in [0, 0.05) is 18.1 Å². The van der Waals surface area contributed by atoms with Gasteiger partial charge < -0.3 is 10.5 Å². The van der Waals surface area contributed by atoms with Crippen molar-refractivity contribution >= 4 is 21.6 Å². The van der Waals surface area contributed by atoms with Gasteiger partial charge in [0.25, 0.3) is 0 Å². The van der Waals surface area contributed by atoms with E-state index in [4.69, 9.17) is 10.5 Å². The Hall–Kier alpha value is -1.55. The summed E-state index contributed by atoms with van der Waals surface area (Å²) in [5.41, 5.74) is 6.39. The van der Waals surface area contributed by atoms with Crippen molar-refractivity contribution in [3.05, 3.63) is 47.2 Å². The zero-order chi connectivity index (χ0) is 10.7. The van der Waals surface area contributed by atoms with E-state index in [1.165, 1.54) is 0 Å². The number of nitrogens with two attached hydrogens (primary N) is 1. The third-order valence-corrected chi connectivity index (χ3v) is 2.72. The van der Waals surface area contributed by atoms with Crippen LogP contribution in [0.25, 0.3) is 0 Å². The Morgan fingerprint density at radius 3 is 2.60 bits per heavy atom. The highest BCUT2D eigenvalue weighted by molar-refractivity contribution is 9.10. The summed E-state index contributed by atoms with van der Waals surface area (Å²) in [5.74, 6) is 1.43. The van der Waals surface area contributed by atoms with Gasteiger partial charge in [-0.15, -0.1) is 0 Å². The molecule has 2 rings (SSSR count). The maximum Gasteiger partial charge on any atom is 0.143 e. The zero-order valence-corrected chi connectivity index (χ0v) is 9.44. The minimum atomic E-state index is 0.654. The van der Waals surface area contributed by atoms with Crippen LogP contribution < -0.4 is 10.5 Å². The van der Waals surface area contributed by atoms with Crippen LogP contribution in [0.3, 0.4) is 0 Å². The van der Waals surface area contributed by atoms with E-state index in [1.54, 1.807) is 24.5 Å². The second-order valence-electron chi connectivity index (χ2n) is 2.94. The van der Waals surface area contributed by atoms with Crippen molar-refractivity contribution in [1.82, 2.24) is 4.98 Å². The number of hydrogen-bond donors (Lipinski definition) is 1. The number of hydrogen-bond acceptors (Lipinski definition) is 3. The van der Waals surface area contributed by atoms with Crippen LogP contribution in [-0.4, -0.2) is 4.98 Å². The van der Waals surface area contributed by atoms with Gasteiger partial charge in [-0.1, -0.05) is 6.07 Å². The zero-order valence-electron chi connectivity index (χ0n) is 7.85. The molecule has 0 aliphatic carbocycles. The first-order valence-electron chi connectivity index (χ1n) is 4.39. The van der Waals surface area contributed by atoms with Crippen molar-refractivity contribution in [1.29, 1.82) is 0 Å². The smallest absolute Gasteiger partial charge is 0.143 e. The van der Waals surface area contributed by atoms with Gasteiger partial charge >= 0.3 is 0 Å². The molecule has 76 valence electrons. The third-order valence-electron chi connectivity index (χ3n) is 1.87. The summed E-state index contributed by atoms with van der Waals surface area (Å²) in [5, 5.41) is 0. The van der Waals surface area contributed by atoms with Crippen LogP contribution in [0, 0.1) is 0 Å². The Morgan fingerprint density at radius 2 is 1.87 bits per heavy atom. The Kier molecular flexibility index (Phi) is 2.87. The van der Waals surface area contributed by atoms with Gasteiger partial charge in [-0.2, -0.15) is 0 Å². The first kappa shape index (κ1) is 9.98. The van der Waals surface area contributed by atoms with Crippen LogP contribution in [0.4, 0.5) is 5.69 Å². The number of benzene rings is 1. The van der Waals surface area contributed by atoms with Crippen LogP contribution in [0.15, 0.2) is 47.2 Å². The molecule has 3 nitrogen and oxygen atoms in total. The van der Waals surface area contributed by atoms with Gasteiger partial charge in [0.05, 0.1) is 4.47 Å². The number of rotatable bonds is 2. The largest absolute Gasteiger partial charge is 0.456 e. The van der Waals surface area contributed by atoms with Gasteiger partial charge in [0.1, 0.15) is 11.5 Å². The molecule has 2 N–H and O–H groups in total. The van der Waals surface area contributed by atoms with Crippen molar-refractivity contribution in [2.75, 3.05) is 5.73 Å². The fraction of sp³-hybridized carbons (Fsp3) is 0. The molecule has 0 aliphatic rings. The first-order chi connectivity index (χ1) is 7.27. The lowest BCUT2D eigenvalue weighted by molar-refractivity contribution is 0.479. The lowest BCUT2D eigenvalue weighted by Crippen LogP contribution is -1.90. The fourth-order valence-corrected chi connectivity index (χ4v) is 1.49. The molecule has 0 atom stereocenters. The second kappa shape index (κ2) is 4.31. The summed E-state index contributed by atoms with van der Waals surface area (Å²) >= 11 is 3.37. The van der Waals surface area contributed by atoms with E-state index in [1.807, 2.05) is 18.2 Å². The Labute approximate surface area is 96.0 Å². The maximum atomic E-state index is 5.74. The lowest BCUT2D eigenvalue weighted by atomic mass is 10.3. The highest BCUT2D eigenvalue weighted by Gasteiger charge is 2.04. The molecular formula is C11H9BrN2O. The Balaban J connectivity index is 2.29. The van der Waals surface area contributed by atoms with Crippen LogP contribution >= 0.6 is 15.9 Å². The van der Waals surface area contributed by atoms with E-state index in [2.05, 4.69) is 20.9 Å². The normalized spacial score (nSPS) is 9.93. The van der Waals surface area contributed by atoms with E-state index in [0.717, 1.165) is 10.2 Å².